The number of hydrogen-bond donors (Lipinski definition) is 2. The Balaban J connectivity index is 2.63. The van der Waals surface area contributed by atoms with Crippen molar-refractivity contribution in [1.82, 2.24) is 5.32 Å². The molecular formula is C12H15NO4. The second-order valence-electron chi connectivity index (χ2n) is 3.79. The van der Waals surface area contributed by atoms with Crippen molar-refractivity contribution in [2.75, 3.05) is 13.7 Å². The van der Waals surface area contributed by atoms with Gasteiger partial charge in [0.25, 0.3) is 5.91 Å². The minimum absolute atomic E-state index is 0.0907. The van der Waals surface area contributed by atoms with Crippen LogP contribution in [0.15, 0.2) is 30.3 Å². The first-order chi connectivity index (χ1) is 7.99. The van der Waals surface area contributed by atoms with E-state index in [1.165, 1.54) is 14.0 Å². The van der Waals surface area contributed by atoms with E-state index in [-0.39, 0.29) is 12.5 Å². The van der Waals surface area contributed by atoms with Gasteiger partial charge in [-0.2, -0.15) is 0 Å². The van der Waals surface area contributed by atoms with E-state index in [4.69, 9.17) is 9.84 Å². The van der Waals surface area contributed by atoms with Crippen LogP contribution in [0.4, 0.5) is 0 Å². The number of carbonyl (C=O) groups excluding carboxylic acids is 1. The molecule has 0 bridgehead atoms. The van der Waals surface area contributed by atoms with Gasteiger partial charge in [-0.1, -0.05) is 18.2 Å². The summed E-state index contributed by atoms with van der Waals surface area (Å²) in [5.41, 5.74) is -0.930. The van der Waals surface area contributed by atoms with Crippen molar-refractivity contribution < 1.29 is 19.4 Å². The molecule has 0 spiro atoms. The number of carboxylic acids is 1. The zero-order valence-corrected chi connectivity index (χ0v) is 9.77. The van der Waals surface area contributed by atoms with E-state index >= 15 is 0 Å². The molecule has 1 amide bonds. The molecule has 1 rings (SSSR count). The molecule has 2 N–H and O–H groups in total. The van der Waals surface area contributed by atoms with Gasteiger partial charge in [0.2, 0.25) is 0 Å². The lowest BCUT2D eigenvalue weighted by molar-refractivity contribution is -0.159. The van der Waals surface area contributed by atoms with Crippen LogP contribution < -0.4 is 5.32 Å². The van der Waals surface area contributed by atoms with Crippen LogP contribution in [0.1, 0.15) is 17.3 Å². The summed E-state index contributed by atoms with van der Waals surface area (Å²) in [4.78, 5) is 22.6. The van der Waals surface area contributed by atoms with Gasteiger partial charge in [-0.05, 0) is 19.1 Å². The van der Waals surface area contributed by atoms with Crippen LogP contribution in [0.5, 0.6) is 0 Å². The maximum atomic E-state index is 11.7. The molecule has 5 heteroatoms. The summed E-state index contributed by atoms with van der Waals surface area (Å²) in [6.45, 7) is 1.31. The van der Waals surface area contributed by atoms with Crippen LogP contribution in [-0.2, 0) is 9.53 Å². The Labute approximate surface area is 99.4 Å². The summed E-state index contributed by atoms with van der Waals surface area (Å²) in [5, 5.41) is 11.5. The molecule has 1 aromatic rings. The van der Waals surface area contributed by atoms with Crippen LogP contribution in [-0.4, -0.2) is 36.2 Å². The number of benzene rings is 1. The van der Waals surface area contributed by atoms with Crippen LogP contribution in [0.2, 0.25) is 0 Å². The number of carboxylic acid groups (broad SMARTS) is 1. The van der Waals surface area contributed by atoms with Gasteiger partial charge in [-0.25, -0.2) is 4.79 Å². The highest BCUT2D eigenvalue weighted by Crippen LogP contribution is 2.08. The molecule has 0 aromatic heterocycles. The lowest BCUT2D eigenvalue weighted by Crippen LogP contribution is -2.48. The number of carbonyl (C=O) groups is 2. The molecule has 0 fully saturated rings. The molecule has 0 saturated carbocycles. The molecule has 1 aromatic carbocycles. The highest BCUT2D eigenvalue weighted by Gasteiger charge is 2.33. The Kier molecular flexibility index (Phi) is 4.23. The quantitative estimate of drug-likeness (QED) is 0.798. The van der Waals surface area contributed by atoms with Crippen molar-refractivity contribution in [2.45, 2.75) is 12.5 Å². The number of rotatable bonds is 5. The molecular weight excluding hydrogens is 222 g/mol. The Morgan fingerprint density at radius 1 is 1.35 bits per heavy atom. The van der Waals surface area contributed by atoms with E-state index in [9.17, 15) is 9.59 Å². The second kappa shape index (κ2) is 5.45. The van der Waals surface area contributed by atoms with E-state index in [2.05, 4.69) is 5.32 Å². The highest BCUT2D eigenvalue weighted by molar-refractivity contribution is 5.94. The SMILES string of the molecule is COC(C)(CNC(=O)c1ccccc1)C(=O)O. The molecule has 0 aliphatic carbocycles. The van der Waals surface area contributed by atoms with Crippen LogP contribution >= 0.6 is 0 Å². The number of methoxy groups -OCH3 is 1. The smallest absolute Gasteiger partial charge is 0.337 e. The normalized spacial score (nSPS) is 13.8. The summed E-state index contributed by atoms with van der Waals surface area (Å²) in [5.74, 6) is -1.44. The van der Waals surface area contributed by atoms with Crippen LogP contribution in [0.3, 0.4) is 0 Å². The van der Waals surface area contributed by atoms with Crippen molar-refractivity contribution in [3.63, 3.8) is 0 Å². The molecule has 0 radical (unpaired) electrons. The summed E-state index contributed by atoms with van der Waals surface area (Å²) in [6.07, 6.45) is 0. The Bertz CT molecular complexity index is 404. The van der Waals surface area contributed by atoms with E-state index in [0.717, 1.165) is 0 Å². The zero-order valence-electron chi connectivity index (χ0n) is 9.77. The minimum atomic E-state index is -1.41. The predicted octanol–water partition coefficient (Wildman–Crippen LogP) is 0.906. The first-order valence-corrected chi connectivity index (χ1v) is 5.11. The topological polar surface area (TPSA) is 75.6 Å². The van der Waals surface area contributed by atoms with E-state index in [1.54, 1.807) is 30.3 Å². The average Bonchev–Trinajstić information content (AvgIpc) is 2.36. The monoisotopic (exact) mass is 237 g/mol. The molecule has 1 unspecified atom stereocenters. The average molecular weight is 237 g/mol. The first-order valence-electron chi connectivity index (χ1n) is 5.11. The molecule has 92 valence electrons. The summed E-state index contributed by atoms with van der Waals surface area (Å²) in [6, 6.07) is 8.58. The van der Waals surface area contributed by atoms with Crippen LogP contribution in [0.25, 0.3) is 0 Å². The summed E-state index contributed by atoms with van der Waals surface area (Å²) in [7, 11) is 1.29. The molecule has 0 heterocycles. The van der Waals surface area contributed by atoms with Gasteiger partial charge in [0.05, 0.1) is 6.54 Å². The lowest BCUT2D eigenvalue weighted by atomic mass is 10.1. The summed E-state index contributed by atoms with van der Waals surface area (Å²) >= 11 is 0. The molecule has 0 aliphatic heterocycles. The largest absolute Gasteiger partial charge is 0.479 e. The minimum Gasteiger partial charge on any atom is -0.479 e. The van der Waals surface area contributed by atoms with Gasteiger partial charge < -0.3 is 15.2 Å². The molecule has 5 nitrogen and oxygen atoms in total. The fourth-order valence-corrected chi connectivity index (χ4v) is 1.18. The van der Waals surface area contributed by atoms with Crippen molar-refractivity contribution >= 4 is 11.9 Å². The van der Waals surface area contributed by atoms with Gasteiger partial charge in [0.1, 0.15) is 0 Å². The Morgan fingerprint density at radius 2 is 1.94 bits per heavy atom. The number of nitrogens with one attached hydrogen (secondary N) is 1. The molecule has 0 saturated heterocycles. The molecule has 0 aliphatic rings. The van der Waals surface area contributed by atoms with E-state index in [1.807, 2.05) is 0 Å². The first kappa shape index (κ1) is 13.2. The lowest BCUT2D eigenvalue weighted by Gasteiger charge is -2.23. The van der Waals surface area contributed by atoms with Gasteiger partial charge in [0.15, 0.2) is 5.60 Å². The van der Waals surface area contributed by atoms with Crippen molar-refractivity contribution in [3.05, 3.63) is 35.9 Å². The summed E-state index contributed by atoms with van der Waals surface area (Å²) < 4.78 is 4.87. The Morgan fingerprint density at radius 3 is 2.41 bits per heavy atom. The van der Waals surface area contributed by atoms with Gasteiger partial charge >= 0.3 is 5.97 Å². The maximum Gasteiger partial charge on any atom is 0.337 e. The second-order valence-corrected chi connectivity index (χ2v) is 3.79. The molecule has 1 atom stereocenters. The highest BCUT2D eigenvalue weighted by atomic mass is 16.5. The maximum absolute atomic E-state index is 11.7. The van der Waals surface area contributed by atoms with Crippen molar-refractivity contribution in [3.8, 4) is 0 Å². The van der Waals surface area contributed by atoms with Gasteiger partial charge in [0, 0.05) is 12.7 Å². The third-order valence-electron chi connectivity index (χ3n) is 2.53. The van der Waals surface area contributed by atoms with Gasteiger partial charge in [-0.15, -0.1) is 0 Å². The predicted molar refractivity (Wildman–Crippen MR) is 61.8 cm³/mol. The zero-order chi connectivity index (χ0) is 12.9. The van der Waals surface area contributed by atoms with Crippen molar-refractivity contribution in [1.29, 1.82) is 0 Å². The van der Waals surface area contributed by atoms with Crippen LogP contribution in [0, 0.1) is 0 Å². The fraction of sp³-hybridized carbons (Fsp3) is 0.333. The third-order valence-corrected chi connectivity index (χ3v) is 2.53. The fourth-order valence-electron chi connectivity index (χ4n) is 1.18. The number of hydrogen-bond acceptors (Lipinski definition) is 3. The number of amides is 1. The van der Waals surface area contributed by atoms with E-state index < -0.39 is 11.6 Å². The molecule has 17 heavy (non-hydrogen) atoms. The van der Waals surface area contributed by atoms with Gasteiger partial charge in [-0.3, -0.25) is 4.79 Å². The van der Waals surface area contributed by atoms with E-state index in [0.29, 0.717) is 5.56 Å². The third kappa shape index (κ3) is 3.29. The number of aliphatic carboxylic acids is 1. The Hall–Kier alpha value is -1.88. The number of ether oxygens (including phenoxy) is 1. The van der Waals surface area contributed by atoms with Crippen molar-refractivity contribution in [2.24, 2.45) is 0 Å². The standard InChI is InChI=1S/C12H15NO4/c1-12(17-2,11(15)16)8-13-10(14)9-6-4-3-5-7-9/h3-7H,8H2,1-2H3,(H,13,14)(H,15,16).